The van der Waals surface area contributed by atoms with Crippen molar-refractivity contribution in [3.63, 3.8) is 0 Å². The number of ketones is 1. The van der Waals surface area contributed by atoms with E-state index >= 15 is 0 Å². The minimum Gasteiger partial charge on any atom is -0.349 e. The summed E-state index contributed by atoms with van der Waals surface area (Å²) in [5.41, 5.74) is -0.915. The van der Waals surface area contributed by atoms with Crippen LogP contribution in [-0.2, 0) is 21.0 Å². The second-order valence-corrected chi connectivity index (χ2v) is 10.3. The van der Waals surface area contributed by atoms with E-state index in [1.165, 1.54) is 30.3 Å². The highest BCUT2D eigenvalue weighted by Gasteiger charge is 2.31. The highest BCUT2D eigenvalue weighted by Crippen LogP contribution is 2.30. The summed E-state index contributed by atoms with van der Waals surface area (Å²) < 4.78 is 61.3. The van der Waals surface area contributed by atoms with E-state index in [0.29, 0.717) is 12.8 Å². The van der Waals surface area contributed by atoms with Crippen LogP contribution in [0.2, 0.25) is 0 Å². The second kappa shape index (κ2) is 11.2. The summed E-state index contributed by atoms with van der Waals surface area (Å²) in [6.07, 6.45) is -1.46. The van der Waals surface area contributed by atoms with Crippen molar-refractivity contribution in [1.82, 2.24) is 10.6 Å². The van der Waals surface area contributed by atoms with E-state index in [1.54, 1.807) is 0 Å². The van der Waals surface area contributed by atoms with E-state index in [4.69, 9.17) is 5.14 Å². The fourth-order valence-corrected chi connectivity index (χ4v) is 4.69. The molecule has 0 unspecified atom stereocenters. The number of Topliss-reactive ketones (excluding diaryl/α,β-unsaturated/α-hetero) is 1. The van der Waals surface area contributed by atoms with Gasteiger partial charge in [0.15, 0.2) is 5.78 Å². The van der Waals surface area contributed by atoms with Gasteiger partial charge in [-0.3, -0.25) is 14.4 Å². The van der Waals surface area contributed by atoms with Gasteiger partial charge in [-0.05, 0) is 61.2 Å². The lowest BCUT2D eigenvalue weighted by Gasteiger charge is -2.32. The molecule has 1 saturated carbocycles. The molecule has 194 valence electrons. The third-order valence-corrected chi connectivity index (χ3v) is 6.99. The van der Waals surface area contributed by atoms with E-state index in [9.17, 15) is 36.0 Å². The van der Waals surface area contributed by atoms with Crippen molar-refractivity contribution in [1.29, 1.82) is 0 Å². The van der Waals surface area contributed by atoms with Gasteiger partial charge >= 0.3 is 6.18 Å². The molecule has 8 nitrogen and oxygen atoms in total. The average molecular weight is 526 g/mol. The summed E-state index contributed by atoms with van der Waals surface area (Å²) in [5, 5.41) is 10.3. The molecule has 0 aromatic heterocycles. The number of benzene rings is 2. The Kier molecular flexibility index (Phi) is 8.51. The van der Waals surface area contributed by atoms with Gasteiger partial charge in [-0.25, -0.2) is 13.6 Å². The maximum atomic E-state index is 12.9. The summed E-state index contributed by atoms with van der Waals surface area (Å²) in [7, 11) is -3.88. The van der Waals surface area contributed by atoms with Crippen LogP contribution in [0.1, 0.15) is 58.4 Å². The molecule has 4 N–H and O–H groups in total. The van der Waals surface area contributed by atoms with Crippen LogP contribution in [0.5, 0.6) is 0 Å². The fraction of sp³-hybridized carbons (Fsp3) is 0.375. The minimum absolute atomic E-state index is 0.0815. The normalized spacial score (nSPS) is 18.3. The zero-order chi connectivity index (χ0) is 26.5. The maximum Gasteiger partial charge on any atom is 0.416 e. The molecule has 0 aliphatic heterocycles. The molecule has 36 heavy (non-hydrogen) atoms. The number of primary sulfonamides is 1. The lowest BCUT2D eigenvalue weighted by molar-refractivity contribution is -0.137. The molecule has 2 aromatic rings. The van der Waals surface area contributed by atoms with Crippen LogP contribution in [0.4, 0.5) is 13.2 Å². The molecule has 1 fully saturated rings. The number of sulfonamides is 1. The van der Waals surface area contributed by atoms with Crippen molar-refractivity contribution < 1.29 is 36.0 Å². The van der Waals surface area contributed by atoms with Crippen LogP contribution < -0.4 is 15.8 Å². The lowest BCUT2D eigenvalue weighted by Crippen LogP contribution is -2.43. The topological polar surface area (TPSA) is 135 Å². The van der Waals surface area contributed by atoms with E-state index in [2.05, 4.69) is 10.6 Å². The van der Waals surface area contributed by atoms with Gasteiger partial charge in [0.25, 0.3) is 11.8 Å². The van der Waals surface area contributed by atoms with E-state index in [0.717, 1.165) is 31.0 Å². The molecule has 2 amide bonds. The SMILES string of the molecule is NS(=O)(=O)c1ccc(C(=O)N[C@@H]2CCCC[C@@H]2CC(=O)CNC(=O)c2cccc(C(F)(F)F)c2)cc1. The Bertz CT molecular complexity index is 1230. The predicted molar refractivity (Wildman–Crippen MR) is 124 cm³/mol. The van der Waals surface area contributed by atoms with Crippen molar-refractivity contribution >= 4 is 27.6 Å². The number of halogens is 3. The largest absolute Gasteiger partial charge is 0.416 e. The number of amides is 2. The molecule has 2 aromatic carbocycles. The third kappa shape index (κ3) is 7.37. The number of carbonyl (C=O) groups excluding carboxylic acids is 3. The van der Waals surface area contributed by atoms with Crippen molar-refractivity contribution in [3.05, 3.63) is 65.2 Å². The molecule has 0 saturated heterocycles. The van der Waals surface area contributed by atoms with Crippen LogP contribution in [0.15, 0.2) is 53.4 Å². The first-order chi connectivity index (χ1) is 16.8. The van der Waals surface area contributed by atoms with Gasteiger partial charge < -0.3 is 10.6 Å². The molecule has 1 aliphatic rings. The van der Waals surface area contributed by atoms with Gasteiger partial charge in [-0.1, -0.05) is 18.9 Å². The predicted octanol–water partition coefficient (Wildman–Crippen LogP) is 3.03. The van der Waals surface area contributed by atoms with Crippen molar-refractivity contribution in [2.24, 2.45) is 11.1 Å². The van der Waals surface area contributed by atoms with Crippen molar-refractivity contribution in [2.75, 3.05) is 6.54 Å². The molecule has 0 radical (unpaired) electrons. The van der Waals surface area contributed by atoms with Crippen LogP contribution in [0.25, 0.3) is 0 Å². The van der Waals surface area contributed by atoms with Gasteiger partial charge in [-0.15, -0.1) is 0 Å². The Balaban J connectivity index is 1.56. The highest BCUT2D eigenvalue weighted by molar-refractivity contribution is 7.89. The molecule has 2 atom stereocenters. The Morgan fingerprint density at radius 3 is 2.25 bits per heavy atom. The van der Waals surface area contributed by atoms with Crippen LogP contribution in [-0.4, -0.2) is 38.6 Å². The Hall–Kier alpha value is -3.25. The van der Waals surface area contributed by atoms with Crippen molar-refractivity contribution in [3.8, 4) is 0 Å². The summed E-state index contributed by atoms with van der Waals surface area (Å²) >= 11 is 0. The van der Waals surface area contributed by atoms with Gasteiger partial charge in [0, 0.05) is 23.6 Å². The van der Waals surface area contributed by atoms with Gasteiger partial charge in [0.05, 0.1) is 17.0 Å². The summed E-state index contributed by atoms with van der Waals surface area (Å²) in [6, 6.07) is 8.80. The number of hydrogen-bond donors (Lipinski definition) is 3. The number of nitrogens with one attached hydrogen (secondary N) is 2. The zero-order valence-corrected chi connectivity index (χ0v) is 20.0. The molecule has 1 aliphatic carbocycles. The summed E-state index contributed by atoms with van der Waals surface area (Å²) in [4.78, 5) is 37.3. The second-order valence-electron chi connectivity index (χ2n) is 8.70. The maximum absolute atomic E-state index is 12.9. The molecule has 0 spiro atoms. The first kappa shape index (κ1) is 27.3. The van der Waals surface area contributed by atoms with Gasteiger partial charge in [0.1, 0.15) is 0 Å². The molecule has 0 bridgehead atoms. The minimum atomic E-state index is -4.59. The molecule has 3 rings (SSSR count). The van der Waals surface area contributed by atoms with Crippen LogP contribution >= 0.6 is 0 Å². The first-order valence-electron chi connectivity index (χ1n) is 11.3. The quantitative estimate of drug-likeness (QED) is 0.487. The number of carbonyl (C=O) groups is 3. The number of nitrogens with two attached hydrogens (primary N) is 1. The first-order valence-corrected chi connectivity index (χ1v) is 12.8. The fourth-order valence-electron chi connectivity index (χ4n) is 4.17. The number of alkyl halides is 3. The Morgan fingerprint density at radius 1 is 0.944 bits per heavy atom. The Labute approximate surface area is 206 Å². The van der Waals surface area contributed by atoms with Gasteiger partial charge in [-0.2, -0.15) is 13.2 Å². The molecule has 0 heterocycles. The smallest absolute Gasteiger partial charge is 0.349 e. The van der Waals surface area contributed by atoms with Gasteiger partial charge in [0.2, 0.25) is 10.0 Å². The summed E-state index contributed by atoms with van der Waals surface area (Å²) in [6.45, 7) is -0.346. The average Bonchev–Trinajstić information content (AvgIpc) is 2.83. The third-order valence-electron chi connectivity index (χ3n) is 6.06. The molecule has 12 heteroatoms. The number of rotatable bonds is 8. The number of hydrogen-bond acceptors (Lipinski definition) is 5. The van der Waals surface area contributed by atoms with E-state index in [1.807, 2.05) is 0 Å². The van der Waals surface area contributed by atoms with E-state index in [-0.39, 0.29) is 46.7 Å². The zero-order valence-electron chi connectivity index (χ0n) is 19.2. The Morgan fingerprint density at radius 2 is 1.61 bits per heavy atom. The molecular formula is C24H26F3N3O5S. The standard InChI is InChI=1S/C24H26F3N3O5S/c25-24(26,27)18-6-3-5-17(12-18)22(32)29-14-19(31)13-16-4-1-2-7-21(16)30-23(33)15-8-10-20(11-9-15)36(28,34)35/h3,5-6,8-12,16,21H,1-2,4,7,13-14H2,(H,29,32)(H,30,33)(H2,28,34,35)/t16-,21-/m1/s1. The highest BCUT2D eigenvalue weighted by atomic mass is 32.2. The van der Waals surface area contributed by atoms with Crippen molar-refractivity contribution in [2.45, 2.75) is 49.2 Å². The van der Waals surface area contributed by atoms with Crippen LogP contribution in [0, 0.1) is 5.92 Å². The van der Waals surface area contributed by atoms with Crippen LogP contribution in [0.3, 0.4) is 0 Å². The van der Waals surface area contributed by atoms with E-state index < -0.39 is 33.6 Å². The lowest BCUT2D eigenvalue weighted by atomic mass is 9.81. The summed E-state index contributed by atoms with van der Waals surface area (Å²) in [5.74, 6) is -1.69. The molecular weight excluding hydrogens is 499 g/mol. The monoisotopic (exact) mass is 525 g/mol.